The van der Waals surface area contributed by atoms with Crippen LogP contribution in [0.15, 0.2) is 41.7 Å². The van der Waals surface area contributed by atoms with Gasteiger partial charge in [0.1, 0.15) is 5.75 Å². The van der Waals surface area contributed by atoms with Gasteiger partial charge in [-0.15, -0.1) is 0 Å². The average Bonchev–Trinajstić information content (AvgIpc) is 2.50. The Morgan fingerprint density at radius 1 is 1.29 bits per heavy atom. The molecule has 0 aliphatic carbocycles. The first kappa shape index (κ1) is 14.8. The highest BCUT2D eigenvalue weighted by Crippen LogP contribution is 2.25. The number of rotatable bonds is 5. The normalized spacial score (nSPS) is 11.4. The van der Waals surface area contributed by atoms with Gasteiger partial charge in [0.05, 0.1) is 6.61 Å². The fraction of sp³-hybridized carbons (Fsp3) is 0.250. The number of amidine groups is 1. The summed E-state index contributed by atoms with van der Waals surface area (Å²) in [5, 5.41) is 11.7. The second-order valence-electron chi connectivity index (χ2n) is 4.84. The molecule has 1 aromatic heterocycles. The van der Waals surface area contributed by atoms with E-state index in [2.05, 4.69) is 10.1 Å². The van der Waals surface area contributed by atoms with E-state index in [0.717, 1.165) is 29.0 Å². The van der Waals surface area contributed by atoms with Gasteiger partial charge in [-0.3, -0.25) is 4.98 Å². The number of benzene rings is 1. The minimum Gasteiger partial charge on any atom is -0.493 e. The molecule has 0 bridgehead atoms. The van der Waals surface area contributed by atoms with Gasteiger partial charge in [0, 0.05) is 23.9 Å². The molecule has 2 aromatic rings. The predicted molar refractivity (Wildman–Crippen MR) is 81.9 cm³/mol. The molecule has 0 unspecified atom stereocenters. The second kappa shape index (κ2) is 6.74. The molecule has 0 atom stereocenters. The smallest absolute Gasteiger partial charge is 0.170 e. The summed E-state index contributed by atoms with van der Waals surface area (Å²) in [6, 6.07) is 9.52. The van der Waals surface area contributed by atoms with Crippen molar-refractivity contribution in [1.82, 2.24) is 4.98 Å². The molecule has 0 aliphatic heterocycles. The molecule has 2 rings (SSSR count). The van der Waals surface area contributed by atoms with E-state index in [4.69, 9.17) is 15.7 Å². The number of nitrogens with two attached hydrogens (primary N) is 1. The lowest BCUT2D eigenvalue weighted by Crippen LogP contribution is -2.14. The maximum Gasteiger partial charge on any atom is 0.170 e. The quantitative estimate of drug-likeness (QED) is 0.382. The van der Waals surface area contributed by atoms with Crippen LogP contribution < -0.4 is 10.5 Å². The van der Waals surface area contributed by atoms with Gasteiger partial charge in [-0.25, -0.2) is 0 Å². The van der Waals surface area contributed by atoms with Crippen molar-refractivity contribution in [3.05, 3.63) is 58.9 Å². The van der Waals surface area contributed by atoms with E-state index in [1.165, 1.54) is 0 Å². The molecular formula is C16H19N3O2. The maximum atomic E-state index is 8.73. The molecule has 1 heterocycles. The average molecular weight is 285 g/mol. The lowest BCUT2D eigenvalue weighted by molar-refractivity contribution is 0.315. The Bertz CT molecular complexity index is 616. The zero-order chi connectivity index (χ0) is 15.2. The molecule has 0 fully saturated rings. The van der Waals surface area contributed by atoms with Crippen LogP contribution in [0.25, 0.3) is 0 Å². The fourth-order valence-corrected chi connectivity index (χ4v) is 2.19. The van der Waals surface area contributed by atoms with Crippen molar-refractivity contribution in [3.8, 4) is 5.75 Å². The Hall–Kier alpha value is -2.56. The molecule has 110 valence electrons. The summed E-state index contributed by atoms with van der Waals surface area (Å²) < 4.78 is 5.86. The fourth-order valence-electron chi connectivity index (χ4n) is 2.19. The van der Waals surface area contributed by atoms with Crippen molar-refractivity contribution in [1.29, 1.82) is 0 Å². The van der Waals surface area contributed by atoms with Crippen LogP contribution in [0.1, 0.15) is 22.4 Å². The zero-order valence-corrected chi connectivity index (χ0v) is 12.2. The van der Waals surface area contributed by atoms with Gasteiger partial charge in [0.25, 0.3) is 0 Å². The Morgan fingerprint density at radius 2 is 2.00 bits per heavy atom. The third kappa shape index (κ3) is 3.72. The van der Waals surface area contributed by atoms with Gasteiger partial charge in [-0.1, -0.05) is 11.2 Å². The molecule has 0 saturated carbocycles. The molecule has 0 saturated heterocycles. The third-order valence-corrected chi connectivity index (χ3v) is 3.19. The highest BCUT2D eigenvalue weighted by atomic mass is 16.5. The van der Waals surface area contributed by atoms with E-state index >= 15 is 0 Å². The highest BCUT2D eigenvalue weighted by molar-refractivity contribution is 5.97. The third-order valence-electron chi connectivity index (χ3n) is 3.19. The summed E-state index contributed by atoms with van der Waals surface area (Å²) >= 11 is 0. The van der Waals surface area contributed by atoms with Crippen molar-refractivity contribution in [2.75, 3.05) is 6.61 Å². The zero-order valence-electron chi connectivity index (χ0n) is 12.2. The van der Waals surface area contributed by atoms with Gasteiger partial charge < -0.3 is 15.7 Å². The van der Waals surface area contributed by atoms with Crippen molar-refractivity contribution in [2.24, 2.45) is 10.9 Å². The van der Waals surface area contributed by atoms with Crippen LogP contribution in [0.3, 0.4) is 0 Å². The van der Waals surface area contributed by atoms with Crippen LogP contribution in [0.4, 0.5) is 0 Å². The van der Waals surface area contributed by atoms with E-state index < -0.39 is 0 Å². The summed E-state index contributed by atoms with van der Waals surface area (Å²) in [5.74, 6) is 0.932. The Morgan fingerprint density at radius 3 is 2.57 bits per heavy atom. The van der Waals surface area contributed by atoms with E-state index in [-0.39, 0.29) is 5.84 Å². The monoisotopic (exact) mass is 285 g/mol. The number of nitrogens with zero attached hydrogens (tertiary/aromatic N) is 2. The van der Waals surface area contributed by atoms with Crippen LogP contribution >= 0.6 is 0 Å². The first-order valence-electron chi connectivity index (χ1n) is 6.73. The van der Waals surface area contributed by atoms with E-state index in [1.807, 2.05) is 44.2 Å². The molecule has 3 N–H and O–H groups in total. The van der Waals surface area contributed by atoms with E-state index in [1.54, 1.807) is 6.20 Å². The summed E-state index contributed by atoms with van der Waals surface area (Å²) in [7, 11) is 0. The van der Waals surface area contributed by atoms with Gasteiger partial charge in [-0.2, -0.15) is 0 Å². The topological polar surface area (TPSA) is 80.7 Å². The molecule has 0 amide bonds. The lowest BCUT2D eigenvalue weighted by atomic mass is 10.1. The number of pyridine rings is 1. The highest BCUT2D eigenvalue weighted by Gasteiger charge is 2.09. The number of aromatic nitrogens is 1. The standard InChI is InChI=1S/C16H19N3O2/c1-11-9-13(16(17)19-20)10-12(2)15(11)21-8-6-14-5-3-4-7-18-14/h3-5,7,9-10,20H,6,8H2,1-2H3,(H2,17,19). The van der Waals surface area contributed by atoms with Gasteiger partial charge in [-0.05, 0) is 49.2 Å². The Labute approximate surface area is 124 Å². The molecule has 5 heteroatoms. The van der Waals surface area contributed by atoms with Crippen molar-refractivity contribution >= 4 is 5.84 Å². The summed E-state index contributed by atoms with van der Waals surface area (Å²) in [4.78, 5) is 4.26. The number of ether oxygens (including phenoxy) is 1. The van der Waals surface area contributed by atoms with Gasteiger partial charge in [0.15, 0.2) is 5.84 Å². The van der Waals surface area contributed by atoms with Crippen molar-refractivity contribution < 1.29 is 9.94 Å². The predicted octanol–water partition coefficient (Wildman–Crippen LogP) is 2.41. The molecule has 21 heavy (non-hydrogen) atoms. The molecule has 0 spiro atoms. The number of oxime groups is 1. The molecular weight excluding hydrogens is 266 g/mol. The van der Waals surface area contributed by atoms with Crippen LogP contribution in [0.5, 0.6) is 5.75 Å². The number of aryl methyl sites for hydroxylation is 2. The van der Waals surface area contributed by atoms with Crippen LogP contribution in [0.2, 0.25) is 0 Å². The molecule has 1 aromatic carbocycles. The molecule has 5 nitrogen and oxygen atoms in total. The largest absolute Gasteiger partial charge is 0.493 e. The van der Waals surface area contributed by atoms with Crippen molar-refractivity contribution in [3.63, 3.8) is 0 Å². The minimum atomic E-state index is 0.0984. The molecule has 0 radical (unpaired) electrons. The Kier molecular flexibility index (Phi) is 4.77. The first-order chi connectivity index (χ1) is 10.1. The van der Waals surface area contributed by atoms with Crippen molar-refractivity contribution in [2.45, 2.75) is 20.3 Å². The first-order valence-corrected chi connectivity index (χ1v) is 6.73. The van der Waals surface area contributed by atoms with E-state index in [0.29, 0.717) is 12.2 Å². The SMILES string of the molecule is Cc1cc(C(N)=NO)cc(C)c1OCCc1ccccn1. The van der Waals surface area contributed by atoms with Crippen LogP contribution in [-0.4, -0.2) is 22.6 Å². The lowest BCUT2D eigenvalue weighted by Gasteiger charge is -2.13. The minimum absolute atomic E-state index is 0.0984. The summed E-state index contributed by atoms with van der Waals surface area (Å²) in [6.45, 7) is 4.44. The summed E-state index contributed by atoms with van der Waals surface area (Å²) in [5.41, 5.74) is 9.21. The number of hydrogen-bond donors (Lipinski definition) is 2. The Balaban J connectivity index is 2.07. The van der Waals surface area contributed by atoms with E-state index in [9.17, 15) is 0 Å². The maximum absolute atomic E-state index is 8.73. The van der Waals surface area contributed by atoms with Gasteiger partial charge in [0.2, 0.25) is 0 Å². The van der Waals surface area contributed by atoms with Crippen LogP contribution in [-0.2, 0) is 6.42 Å². The second-order valence-corrected chi connectivity index (χ2v) is 4.84. The number of hydrogen-bond acceptors (Lipinski definition) is 4. The van der Waals surface area contributed by atoms with Crippen LogP contribution in [0, 0.1) is 13.8 Å². The molecule has 0 aliphatic rings. The summed E-state index contributed by atoms with van der Waals surface area (Å²) in [6.07, 6.45) is 2.53. The van der Waals surface area contributed by atoms with Gasteiger partial charge >= 0.3 is 0 Å².